The molecule has 0 fully saturated rings. The lowest BCUT2D eigenvalue weighted by molar-refractivity contribution is -0.124. The third-order valence-electron chi connectivity index (χ3n) is 3.78. The molecule has 0 aliphatic carbocycles. The minimum absolute atomic E-state index is 0.113. The first-order chi connectivity index (χ1) is 11.5. The van der Waals surface area contributed by atoms with E-state index < -0.39 is 23.6 Å². The molecule has 0 saturated heterocycles. The van der Waals surface area contributed by atoms with Gasteiger partial charge in [0.15, 0.2) is 0 Å². The van der Waals surface area contributed by atoms with Crippen LogP contribution in [0.2, 0.25) is 0 Å². The van der Waals surface area contributed by atoms with Gasteiger partial charge in [-0.25, -0.2) is 0 Å². The van der Waals surface area contributed by atoms with Crippen LogP contribution in [-0.2, 0) is 19.2 Å². The van der Waals surface area contributed by atoms with Gasteiger partial charge in [0, 0.05) is 17.7 Å². The number of benzene rings is 1. The predicted octanol–water partition coefficient (Wildman–Crippen LogP) is 1.05. The molecule has 2 heterocycles. The zero-order valence-corrected chi connectivity index (χ0v) is 12.5. The highest BCUT2D eigenvalue weighted by Gasteiger charge is 2.31. The second kappa shape index (κ2) is 5.58. The lowest BCUT2D eigenvalue weighted by atomic mass is 9.87. The molecule has 0 atom stereocenters. The topological polar surface area (TPSA) is 92.3 Å². The van der Waals surface area contributed by atoms with E-state index in [4.69, 9.17) is 0 Å². The molecular weight excluding hydrogens is 308 g/mol. The van der Waals surface area contributed by atoms with Crippen LogP contribution in [0, 0.1) is 0 Å². The molecule has 6 heteroatoms. The summed E-state index contributed by atoms with van der Waals surface area (Å²) >= 11 is 0. The minimum Gasteiger partial charge on any atom is -0.289 e. The molecule has 3 rings (SSSR count). The van der Waals surface area contributed by atoms with Crippen molar-refractivity contribution in [1.82, 2.24) is 10.6 Å². The van der Waals surface area contributed by atoms with Crippen LogP contribution in [0.15, 0.2) is 37.4 Å². The molecule has 24 heavy (non-hydrogen) atoms. The number of amides is 4. The van der Waals surface area contributed by atoms with Crippen molar-refractivity contribution >= 4 is 46.9 Å². The van der Waals surface area contributed by atoms with Crippen molar-refractivity contribution in [2.24, 2.45) is 0 Å². The molecule has 0 spiro atoms. The number of nitrogens with one attached hydrogen (secondary N) is 2. The summed E-state index contributed by atoms with van der Waals surface area (Å²) in [4.78, 5) is 47.1. The van der Waals surface area contributed by atoms with Gasteiger partial charge in [-0.05, 0) is 16.7 Å². The van der Waals surface area contributed by atoms with Crippen LogP contribution < -0.4 is 10.6 Å². The summed E-state index contributed by atoms with van der Waals surface area (Å²) in [5.41, 5.74) is 2.20. The number of imide groups is 2. The van der Waals surface area contributed by atoms with Crippen LogP contribution >= 0.6 is 0 Å². The van der Waals surface area contributed by atoms with Gasteiger partial charge in [-0.1, -0.05) is 37.4 Å². The SMILES string of the molecule is C=Cc1ccc(C2=CC(=O)NC2=O)c(C2=CC(=O)NC2=O)c1C=C. The highest BCUT2D eigenvalue weighted by molar-refractivity contribution is 6.38. The van der Waals surface area contributed by atoms with Crippen LogP contribution in [0.5, 0.6) is 0 Å². The first-order valence-corrected chi connectivity index (χ1v) is 7.03. The van der Waals surface area contributed by atoms with Crippen LogP contribution in [0.1, 0.15) is 22.3 Å². The van der Waals surface area contributed by atoms with Crippen molar-refractivity contribution in [3.8, 4) is 0 Å². The standard InChI is InChI=1S/C18H12N2O4/c1-3-9-5-6-11(12-7-14(21)19-17(12)23)16(10(9)4-2)13-8-15(22)20-18(13)24/h3-8H,1-2H2,(H,19,21,23)(H,20,22,24). The van der Waals surface area contributed by atoms with Gasteiger partial charge in [0.1, 0.15) is 0 Å². The Morgan fingerprint density at radius 3 is 1.83 bits per heavy atom. The first kappa shape index (κ1) is 15.4. The summed E-state index contributed by atoms with van der Waals surface area (Å²) in [5.74, 6) is -2.21. The second-order valence-electron chi connectivity index (χ2n) is 5.15. The highest BCUT2D eigenvalue weighted by Crippen LogP contribution is 2.34. The molecule has 6 nitrogen and oxygen atoms in total. The van der Waals surface area contributed by atoms with Crippen molar-refractivity contribution in [3.05, 3.63) is 59.7 Å². The normalized spacial score (nSPS) is 16.5. The molecule has 2 N–H and O–H groups in total. The van der Waals surface area contributed by atoms with E-state index in [1.165, 1.54) is 6.08 Å². The van der Waals surface area contributed by atoms with Crippen LogP contribution in [0.3, 0.4) is 0 Å². The maximum atomic E-state index is 12.1. The smallest absolute Gasteiger partial charge is 0.258 e. The summed E-state index contributed by atoms with van der Waals surface area (Å²) in [6, 6.07) is 3.31. The van der Waals surface area contributed by atoms with E-state index in [2.05, 4.69) is 23.8 Å². The largest absolute Gasteiger partial charge is 0.289 e. The Labute approximate surface area is 137 Å². The number of rotatable bonds is 4. The average Bonchev–Trinajstić information content (AvgIpc) is 3.06. The molecule has 4 amide bonds. The van der Waals surface area contributed by atoms with Gasteiger partial charge in [-0.3, -0.25) is 29.8 Å². The van der Waals surface area contributed by atoms with Crippen molar-refractivity contribution in [2.75, 3.05) is 0 Å². The van der Waals surface area contributed by atoms with Crippen molar-refractivity contribution in [2.45, 2.75) is 0 Å². The highest BCUT2D eigenvalue weighted by atomic mass is 16.2. The van der Waals surface area contributed by atoms with Gasteiger partial charge in [0.05, 0.1) is 11.1 Å². The van der Waals surface area contributed by atoms with E-state index in [1.807, 2.05) is 0 Å². The average molecular weight is 320 g/mol. The molecule has 2 aliphatic heterocycles. The Morgan fingerprint density at radius 2 is 1.38 bits per heavy atom. The van der Waals surface area contributed by atoms with Gasteiger partial charge in [-0.2, -0.15) is 0 Å². The number of carbonyl (C=O) groups excluding carboxylic acids is 4. The van der Waals surface area contributed by atoms with Gasteiger partial charge >= 0.3 is 0 Å². The number of hydrogen-bond acceptors (Lipinski definition) is 4. The van der Waals surface area contributed by atoms with Crippen LogP contribution in [-0.4, -0.2) is 23.6 Å². The van der Waals surface area contributed by atoms with E-state index in [1.54, 1.807) is 18.2 Å². The molecule has 1 aromatic rings. The predicted molar refractivity (Wildman–Crippen MR) is 88.9 cm³/mol. The summed E-state index contributed by atoms with van der Waals surface area (Å²) in [7, 11) is 0. The summed E-state index contributed by atoms with van der Waals surface area (Å²) in [6.07, 6.45) is 5.42. The maximum Gasteiger partial charge on any atom is 0.258 e. The Hall–Kier alpha value is -3.54. The Morgan fingerprint density at radius 1 is 0.792 bits per heavy atom. The lowest BCUT2D eigenvalue weighted by Gasteiger charge is -2.15. The summed E-state index contributed by atoms with van der Waals surface area (Å²) in [6.45, 7) is 7.45. The quantitative estimate of drug-likeness (QED) is 0.811. The van der Waals surface area contributed by atoms with E-state index >= 15 is 0 Å². The molecular formula is C18H12N2O4. The Kier molecular flexibility index (Phi) is 3.57. The molecule has 2 aliphatic rings. The zero-order valence-electron chi connectivity index (χ0n) is 12.5. The van der Waals surface area contributed by atoms with E-state index in [-0.39, 0.29) is 11.1 Å². The first-order valence-electron chi connectivity index (χ1n) is 7.03. The molecule has 0 unspecified atom stereocenters. The number of carbonyl (C=O) groups is 4. The molecule has 0 bridgehead atoms. The molecule has 0 radical (unpaired) electrons. The second-order valence-corrected chi connectivity index (χ2v) is 5.15. The Bertz CT molecular complexity index is 919. The summed E-state index contributed by atoms with van der Waals surface area (Å²) in [5, 5.41) is 4.34. The van der Waals surface area contributed by atoms with Gasteiger partial charge in [0.25, 0.3) is 23.6 Å². The van der Waals surface area contributed by atoms with E-state index in [0.29, 0.717) is 22.3 Å². The van der Waals surface area contributed by atoms with Crippen molar-refractivity contribution in [3.63, 3.8) is 0 Å². The third-order valence-corrected chi connectivity index (χ3v) is 3.78. The summed E-state index contributed by atoms with van der Waals surface area (Å²) < 4.78 is 0. The fourth-order valence-corrected chi connectivity index (χ4v) is 2.76. The van der Waals surface area contributed by atoms with Gasteiger partial charge in [-0.15, -0.1) is 0 Å². The zero-order chi connectivity index (χ0) is 17.4. The van der Waals surface area contributed by atoms with Gasteiger partial charge in [0.2, 0.25) is 0 Å². The Balaban J connectivity index is 2.35. The van der Waals surface area contributed by atoms with E-state index in [9.17, 15) is 19.2 Å². The molecule has 0 aromatic heterocycles. The van der Waals surface area contributed by atoms with E-state index in [0.717, 1.165) is 12.2 Å². The van der Waals surface area contributed by atoms with Crippen LogP contribution in [0.4, 0.5) is 0 Å². The number of hydrogen-bond donors (Lipinski definition) is 2. The van der Waals surface area contributed by atoms with Crippen LogP contribution in [0.25, 0.3) is 23.3 Å². The maximum absolute atomic E-state index is 12.1. The molecule has 118 valence electrons. The molecule has 1 aromatic carbocycles. The monoisotopic (exact) mass is 320 g/mol. The minimum atomic E-state index is -0.573. The lowest BCUT2D eigenvalue weighted by Crippen LogP contribution is -2.23. The van der Waals surface area contributed by atoms with Gasteiger partial charge < -0.3 is 0 Å². The fraction of sp³-hybridized carbons (Fsp3) is 0. The third kappa shape index (κ3) is 2.30. The van der Waals surface area contributed by atoms with Crippen molar-refractivity contribution in [1.29, 1.82) is 0 Å². The molecule has 0 saturated carbocycles. The van der Waals surface area contributed by atoms with Crippen molar-refractivity contribution < 1.29 is 19.2 Å². The fourth-order valence-electron chi connectivity index (χ4n) is 2.76.